The number of carbonyl (C=O) groups is 2. The SMILES string of the molecule is O=C(O)/C=C\C(=O)OS(=O)(=O)O. The summed E-state index contributed by atoms with van der Waals surface area (Å²) in [5, 5.41) is 7.95. The van der Waals surface area contributed by atoms with Gasteiger partial charge in [-0.05, 0) is 0 Å². The Balaban J connectivity index is 4.18. The summed E-state index contributed by atoms with van der Waals surface area (Å²) in [6, 6.07) is 0. The van der Waals surface area contributed by atoms with E-state index in [2.05, 4.69) is 4.18 Å². The average Bonchev–Trinajstić information content (AvgIpc) is 1.79. The molecule has 0 spiro atoms. The van der Waals surface area contributed by atoms with Gasteiger partial charge in [0.05, 0.1) is 0 Å². The van der Waals surface area contributed by atoms with E-state index in [4.69, 9.17) is 9.66 Å². The van der Waals surface area contributed by atoms with Gasteiger partial charge in [0.1, 0.15) is 0 Å². The molecular weight excluding hydrogens is 192 g/mol. The van der Waals surface area contributed by atoms with Gasteiger partial charge in [-0.25, -0.2) is 9.59 Å². The van der Waals surface area contributed by atoms with Crippen LogP contribution < -0.4 is 0 Å². The summed E-state index contributed by atoms with van der Waals surface area (Å²) < 4.78 is 30.9. The molecule has 0 amide bonds. The van der Waals surface area contributed by atoms with Gasteiger partial charge in [-0.3, -0.25) is 4.55 Å². The van der Waals surface area contributed by atoms with Gasteiger partial charge in [0.25, 0.3) is 0 Å². The maximum Gasteiger partial charge on any atom is 0.449 e. The van der Waals surface area contributed by atoms with Crippen molar-refractivity contribution in [1.82, 2.24) is 0 Å². The highest BCUT2D eigenvalue weighted by atomic mass is 32.3. The monoisotopic (exact) mass is 196 g/mol. The van der Waals surface area contributed by atoms with E-state index in [0.717, 1.165) is 0 Å². The third kappa shape index (κ3) is 6.71. The Labute approximate surface area is 67.2 Å². The Hall–Kier alpha value is -1.41. The van der Waals surface area contributed by atoms with E-state index in [1.807, 2.05) is 0 Å². The number of rotatable bonds is 3. The van der Waals surface area contributed by atoms with E-state index >= 15 is 0 Å². The highest BCUT2D eigenvalue weighted by molar-refractivity contribution is 7.81. The molecule has 12 heavy (non-hydrogen) atoms. The summed E-state index contributed by atoms with van der Waals surface area (Å²) >= 11 is 0. The summed E-state index contributed by atoms with van der Waals surface area (Å²) in [6.07, 6.45) is 0.712. The highest BCUT2D eigenvalue weighted by Gasteiger charge is 2.09. The van der Waals surface area contributed by atoms with Crippen molar-refractivity contribution < 1.29 is 31.8 Å². The predicted molar refractivity (Wildman–Crippen MR) is 34.4 cm³/mol. The normalized spacial score (nSPS) is 11.4. The first-order valence-electron chi connectivity index (χ1n) is 2.43. The minimum absolute atomic E-state index is 0.343. The molecule has 0 aromatic rings. The molecule has 0 radical (unpaired) electrons. The Morgan fingerprint density at radius 3 is 2.08 bits per heavy atom. The standard InChI is InChI=1S/C4H4O7S/c5-3(6)1-2-4(7)11-12(8,9)10/h1-2H,(H,5,6)(H,8,9,10)/b2-1-. The second-order valence-corrected chi connectivity index (χ2v) is 2.52. The van der Waals surface area contributed by atoms with E-state index in [1.54, 1.807) is 0 Å². The van der Waals surface area contributed by atoms with Gasteiger partial charge in [0.2, 0.25) is 0 Å². The Morgan fingerprint density at radius 1 is 1.25 bits per heavy atom. The first-order valence-corrected chi connectivity index (χ1v) is 3.79. The zero-order chi connectivity index (χ0) is 9.78. The van der Waals surface area contributed by atoms with Crippen LogP contribution in [0.3, 0.4) is 0 Å². The van der Waals surface area contributed by atoms with Gasteiger partial charge in [0, 0.05) is 12.2 Å². The van der Waals surface area contributed by atoms with Crippen LogP contribution in [0.25, 0.3) is 0 Å². The first-order chi connectivity index (χ1) is 5.31. The Kier molecular flexibility index (Phi) is 3.38. The van der Waals surface area contributed by atoms with E-state index in [1.165, 1.54) is 0 Å². The van der Waals surface area contributed by atoms with Crippen LogP contribution in [0, 0.1) is 0 Å². The lowest BCUT2D eigenvalue weighted by atomic mass is 10.5. The second-order valence-electron chi connectivity index (χ2n) is 1.50. The van der Waals surface area contributed by atoms with Crippen molar-refractivity contribution in [3.63, 3.8) is 0 Å². The number of hydrogen-bond donors (Lipinski definition) is 2. The molecule has 0 fully saturated rings. The van der Waals surface area contributed by atoms with Crippen molar-refractivity contribution in [3.05, 3.63) is 12.2 Å². The van der Waals surface area contributed by atoms with Gasteiger partial charge in [-0.1, -0.05) is 0 Å². The molecule has 0 aliphatic carbocycles. The lowest BCUT2D eigenvalue weighted by Gasteiger charge is -1.92. The number of aliphatic carboxylic acids is 1. The van der Waals surface area contributed by atoms with E-state index in [0.29, 0.717) is 12.2 Å². The van der Waals surface area contributed by atoms with Crippen molar-refractivity contribution in [1.29, 1.82) is 0 Å². The van der Waals surface area contributed by atoms with Crippen molar-refractivity contribution >= 4 is 22.3 Å². The topological polar surface area (TPSA) is 118 Å². The zero-order valence-electron chi connectivity index (χ0n) is 5.50. The van der Waals surface area contributed by atoms with Gasteiger partial charge in [0.15, 0.2) is 0 Å². The van der Waals surface area contributed by atoms with Crippen molar-refractivity contribution in [2.45, 2.75) is 0 Å². The maximum absolute atomic E-state index is 10.3. The minimum Gasteiger partial charge on any atom is -0.478 e. The molecule has 7 nitrogen and oxygen atoms in total. The average molecular weight is 196 g/mol. The van der Waals surface area contributed by atoms with Crippen LogP contribution in [0.15, 0.2) is 12.2 Å². The first kappa shape index (κ1) is 10.6. The number of carbonyl (C=O) groups excluding carboxylic acids is 1. The maximum atomic E-state index is 10.3. The van der Waals surface area contributed by atoms with Crippen molar-refractivity contribution in [3.8, 4) is 0 Å². The van der Waals surface area contributed by atoms with Crippen LogP contribution in [0.4, 0.5) is 0 Å². The number of hydrogen-bond acceptors (Lipinski definition) is 5. The molecule has 0 atom stereocenters. The lowest BCUT2D eigenvalue weighted by Crippen LogP contribution is -2.09. The fourth-order valence-electron chi connectivity index (χ4n) is 0.271. The van der Waals surface area contributed by atoms with Gasteiger partial charge >= 0.3 is 22.3 Å². The molecule has 0 saturated heterocycles. The quantitative estimate of drug-likeness (QED) is 0.437. The fraction of sp³-hybridized carbons (Fsp3) is 0. The van der Waals surface area contributed by atoms with Crippen molar-refractivity contribution in [2.75, 3.05) is 0 Å². The van der Waals surface area contributed by atoms with E-state index in [9.17, 15) is 18.0 Å². The molecule has 0 aromatic heterocycles. The minimum atomic E-state index is -4.86. The summed E-state index contributed by atoms with van der Waals surface area (Å²) in [7, 11) is -4.86. The molecule has 2 N–H and O–H groups in total. The van der Waals surface area contributed by atoms with Crippen LogP contribution in [0.1, 0.15) is 0 Å². The summed E-state index contributed by atoms with van der Waals surface area (Å²) in [5.74, 6) is -2.93. The predicted octanol–water partition coefficient (Wildman–Crippen LogP) is -1.03. The summed E-state index contributed by atoms with van der Waals surface area (Å²) in [6.45, 7) is 0. The third-order valence-corrected chi connectivity index (χ3v) is 0.924. The molecular formula is C4H4O7S. The van der Waals surface area contributed by atoms with Crippen LogP contribution >= 0.6 is 0 Å². The van der Waals surface area contributed by atoms with Crippen LogP contribution in [-0.4, -0.2) is 30.0 Å². The lowest BCUT2D eigenvalue weighted by molar-refractivity contribution is -0.133. The number of carboxylic acids is 1. The molecule has 0 bridgehead atoms. The third-order valence-electron chi connectivity index (χ3n) is 0.549. The Morgan fingerprint density at radius 2 is 1.75 bits per heavy atom. The smallest absolute Gasteiger partial charge is 0.449 e. The molecule has 0 heterocycles. The number of carboxylic acid groups (broad SMARTS) is 1. The molecule has 8 heteroatoms. The molecule has 68 valence electrons. The summed E-state index contributed by atoms with van der Waals surface area (Å²) in [5.41, 5.74) is 0. The van der Waals surface area contributed by atoms with Crippen LogP contribution in [-0.2, 0) is 24.2 Å². The molecule has 0 rings (SSSR count). The highest BCUT2D eigenvalue weighted by Crippen LogP contribution is 1.88. The molecule has 0 saturated carbocycles. The Bertz CT molecular complexity index is 310. The van der Waals surface area contributed by atoms with Gasteiger partial charge in [-0.2, -0.15) is 8.42 Å². The molecule has 0 unspecified atom stereocenters. The van der Waals surface area contributed by atoms with Crippen LogP contribution in [0.5, 0.6) is 0 Å². The zero-order valence-corrected chi connectivity index (χ0v) is 6.32. The summed E-state index contributed by atoms with van der Waals surface area (Å²) in [4.78, 5) is 20.0. The molecule has 0 aliphatic rings. The second kappa shape index (κ2) is 3.83. The van der Waals surface area contributed by atoms with Crippen LogP contribution in [0.2, 0.25) is 0 Å². The van der Waals surface area contributed by atoms with Crippen molar-refractivity contribution in [2.24, 2.45) is 0 Å². The molecule has 0 aromatic carbocycles. The van der Waals surface area contributed by atoms with E-state index < -0.39 is 22.3 Å². The van der Waals surface area contributed by atoms with Gasteiger partial charge in [-0.15, -0.1) is 0 Å². The molecule has 0 aliphatic heterocycles. The van der Waals surface area contributed by atoms with Gasteiger partial charge < -0.3 is 9.29 Å². The van der Waals surface area contributed by atoms with E-state index in [-0.39, 0.29) is 0 Å². The largest absolute Gasteiger partial charge is 0.478 e. The fourth-order valence-corrected chi connectivity index (χ4v) is 0.534.